The first-order valence-electron chi connectivity index (χ1n) is 5.12. The Hall–Kier alpha value is -1.16. The zero-order valence-electron chi connectivity index (χ0n) is 8.53. The van der Waals surface area contributed by atoms with Crippen LogP contribution in [0.15, 0.2) is 12.1 Å². The van der Waals surface area contributed by atoms with Gasteiger partial charge in [0.15, 0.2) is 5.82 Å². The summed E-state index contributed by atoms with van der Waals surface area (Å²) < 4.78 is 0. The van der Waals surface area contributed by atoms with Gasteiger partial charge in [-0.3, -0.25) is 0 Å². The summed E-state index contributed by atoms with van der Waals surface area (Å²) >= 11 is 0. The number of nitrogens with zero attached hydrogens (tertiary/aromatic N) is 3. The third-order valence-electron chi connectivity index (χ3n) is 2.49. The van der Waals surface area contributed by atoms with Crippen molar-refractivity contribution in [2.75, 3.05) is 25.0 Å². The molecule has 2 heterocycles. The molecule has 1 fully saturated rings. The van der Waals surface area contributed by atoms with E-state index in [1.807, 2.05) is 13.1 Å². The van der Waals surface area contributed by atoms with Gasteiger partial charge in [0.25, 0.3) is 0 Å². The van der Waals surface area contributed by atoms with Crippen molar-refractivity contribution in [2.24, 2.45) is 0 Å². The molecule has 1 aromatic heterocycles. The topological polar surface area (TPSA) is 41.0 Å². The van der Waals surface area contributed by atoms with Gasteiger partial charge in [-0.15, -0.1) is 5.10 Å². The molecule has 0 atom stereocenters. The Balaban J connectivity index is 2.05. The summed E-state index contributed by atoms with van der Waals surface area (Å²) in [6.45, 7) is 3.04. The first kappa shape index (κ1) is 9.40. The molecule has 0 unspecified atom stereocenters. The smallest absolute Gasteiger partial charge is 0.151 e. The highest BCUT2D eigenvalue weighted by molar-refractivity contribution is 5.38. The number of rotatable bonds is 3. The molecule has 1 aliphatic heterocycles. The predicted molar refractivity (Wildman–Crippen MR) is 56.2 cm³/mol. The van der Waals surface area contributed by atoms with E-state index in [0.29, 0.717) is 0 Å². The summed E-state index contributed by atoms with van der Waals surface area (Å²) in [5.41, 5.74) is 0.996. The zero-order valence-corrected chi connectivity index (χ0v) is 8.53. The van der Waals surface area contributed by atoms with Crippen LogP contribution in [0.3, 0.4) is 0 Å². The van der Waals surface area contributed by atoms with E-state index in [0.717, 1.165) is 31.1 Å². The highest BCUT2D eigenvalue weighted by Gasteiger charge is 2.13. The molecule has 1 aromatic rings. The van der Waals surface area contributed by atoms with Crippen LogP contribution in [-0.2, 0) is 6.54 Å². The Labute approximate surface area is 84.3 Å². The summed E-state index contributed by atoms with van der Waals surface area (Å²) in [6, 6.07) is 4.10. The maximum atomic E-state index is 4.22. The second kappa shape index (κ2) is 4.37. The molecule has 1 N–H and O–H groups in total. The fraction of sp³-hybridized carbons (Fsp3) is 0.600. The maximum absolute atomic E-state index is 4.22. The molecule has 2 rings (SSSR count). The van der Waals surface area contributed by atoms with Crippen molar-refractivity contribution in [1.82, 2.24) is 15.5 Å². The minimum Gasteiger partial charge on any atom is -0.355 e. The van der Waals surface area contributed by atoms with Gasteiger partial charge in [0.05, 0.1) is 5.69 Å². The molecule has 1 aliphatic rings. The lowest BCUT2D eigenvalue weighted by molar-refractivity contribution is 0.761. The molecular weight excluding hydrogens is 176 g/mol. The molecule has 76 valence electrons. The van der Waals surface area contributed by atoms with Crippen LogP contribution in [0.25, 0.3) is 0 Å². The Kier molecular flexibility index (Phi) is 2.93. The molecule has 1 saturated heterocycles. The average molecular weight is 192 g/mol. The Bertz CT molecular complexity index is 277. The molecular formula is C10H16N4. The zero-order chi connectivity index (χ0) is 9.80. The molecule has 14 heavy (non-hydrogen) atoms. The van der Waals surface area contributed by atoms with Gasteiger partial charge in [0.2, 0.25) is 0 Å². The van der Waals surface area contributed by atoms with E-state index >= 15 is 0 Å². The van der Waals surface area contributed by atoms with E-state index in [2.05, 4.69) is 26.5 Å². The van der Waals surface area contributed by atoms with Crippen molar-refractivity contribution in [3.63, 3.8) is 0 Å². The molecule has 0 saturated carbocycles. The van der Waals surface area contributed by atoms with Crippen molar-refractivity contribution >= 4 is 5.82 Å². The number of hydrogen-bond donors (Lipinski definition) is 1. The standard InChI is InChI=1S/C10H16N4/c1-11-8-9-4-5-10(13-12-9)14-6-2-3-7-14/h4-5,11H,2-3,6-8H2,1H3. The third kappa shape index (κ3) is 2.01. The highest BCUT2D eigenvalue weighted by atomic mass is 15.3. The van der Waals surface area contributed by atoms with E-state index in [9.17, 15) is 0 Å². The summed E-state index contributed by atoms with van der Waals surface area (Å²) in [7, 11) is 1.91. The monoisotopic (exact) mass is 192 g/mol. The fourth-order valence-electron chi connectivity index (χ4n) is 1.74. The van der Waals surface area contributed by atoms with Crippen LogP contribution in [0.5, 0.6) is 0 Å². The van der Waals surface area contributed by atoms with Crippen LogP contribution in [0.2, 0.25) is 0 Å². The number of aromatic nitrogens is 2. The van der Waals surface area contributed by atoms with Gasteiger partial charge in [0.1, 0.15) is 0 Å². The quantitative estimate of drug-likeness (QED) is 0.769. The lowest BCUT2D eigenvalue weighted by Crippen LogP contribution is -2.19. The minimum atomic E-state index is 0.785. The second-order valence-electron chi connectivity index (χ2n) is 3.61. The molecule has 4 nitrogen and oxygen atoms in total. The molecule has 0 bridgehead atoms. The lowest BCUT2D eigenvalue weighted by atomic mass is 10.3. The van der Waals surface area contributed by atoms with Gasteiger partial charge in [-0.25, -0.2) is 0 Å². The first-order valence-corrected chi connectivity index (χ1v) is 5.12. The normalized spacial score (nSPS) is 16.2. The number of anilines is 1. The van der Waals surface area contributed by atoms with Crippen molar-refractivity contribution < 1.29 is 0 Å². The van der Waals surface area contributed by atoms with Crippen molar-refractivity contribution in [1.29, 1.82) is 0 Å². The Morgan fingerprint density at radius 3 is 2.64 bits per heavy atom. The van der Waals surface area contributed by atoms with Gasteiger partial charge in [-0.1, -0.05) is 0 Å². The molecule has 4 heteroatoms. The van der Waals surface area contributed by atoms with E-state index in [1.54, 1.807) is 0 Å². The average Bonchev–Trinajstić information content (AvgIpc) is 2.72. The van der Waals surface area contributed by atoms with E-state index in [1.165, 1.54) is 12.8 Å². The summed E-state index contributed by atoms with van der Waals surface area (Å²) in [5, 5.41) is 11.4. The number of hydrogen-bond acceptors (Lipinski definition) is 4. The summed E-state index contributed by atoms with van der Waals surface area (Å²) in [5.74, 6) is 1.02. The van der Waals surface area contributed by atoms with Gasteiger partial charge in [0, 0.05) is 19.6 Å². The molecule has 0 radical (unpaired) electrons. The van der Waals surface area contributed by atoms with Crippen LogP contribution in [0.4, 0.5) is 5.82 Å². The lowest BCUT2D eigenvalue weighted by Gasteiger charge is -2.15. The van der Waals surface area contributed by atoms with E-state index in [4.69, 9.17) is 0 Å². The molecule has 0 aliphatic carbocycles. The van der Waals surface area contributed by atoms with Crippen LogP contribution in [-0.4, -0.2) is 30.3 Å². The van der Waals surface area contributed by atoms with Crippen molar-refractivity contribution in [3.05, 3.63) is 17.8 Å². The van der Waals surface area contributed by atoms with Gasteiger partial charge in [-0.05, 0) is 32.0 Å². The summed E-state index contributed by atoms with van der Waals surface area (Å²) in [4.78, 5) is 2.29. The van der Waals surface area contributed by atoms with E-state index < -0.39 is 0 Å². The van der Waals surface area contributed by atoms with Crippen LogP contribution in [0.1, 0.15) is 18.5 Å². The van der Waals surface area contributed by atoms with Gasteiger partial charge < -0.3 is 10.2 Å². The van der Waals surface area contributed by atoms with Crippen LogP contribution < -0.4 is 10.2 Å². The van der Waals surface area contributed by atoms with Crippen molar-refractivity contribution in [3.8, 4) is 0 Å². The third-order valence-corrected chi connectivity index (χ3v) is 2.49. The first-order chi connectivity index (χ1) is 6.90. The minimum absolute atomic E-state index is 0.785. The fourth-order valence-corrected chi connectivity index (χ4v) is 1.74. The highest BCUT2D eigenvalue weighted by Crippen LogP contribution is 2.16. The van der Waals surface area contributed by atoms with Crippen molar-refractivity contribution in [2.45, 2.75) is 19.4 Å². The van der Waals surface area contributed by atoms with Crippen LogP contribution in [0, 0.1) is 0 Å². The number of nitrogens with one attached hydrogen (secondary N) is 1. The Morgan fingerprint density at radius 2 is 2.07 bits per heavy atom. The molecule has 0 spiro atoms. The second-order valence-corrected chi connectivity index (χ2v) is 3.61. The summed E-state index contributed by atoms with van der Waals surface area (Å²) in [6.07, 6.45) is 2.56. The van der Waals surface area contributed by atoms with Gasteiger partial charge >= 0.3 is 0 Å². The SMILES string of the molecule is CNCc1ccc(N2CCCC2)nn1. The molecule has 0 amide bonds. The maximum Gasteiger partial charge on any atom is 0.151 e. The van der Waals surface area contributed by atoms with Gasteiger partial charge in [-0.2, -0.15) is 5.10 Å². The van der Waals surface area contributed by atoms with E-state index in [-0.39, 0.29) is 0 Å². The Morgan fingerprint density at radius 1 is 1.29 bits per heavy atom. The predicted octanol–water partition coefficient (Wildman–Crippen LogP) is 0.796. The largest absolute Gasteiger partial charge is 0.355 e. The van der Waals surface area contributed by atoms with Crippen LogP contribution >= 0.6 is 0 Å². The molecule has 0 aromatic carbocycles.